The summed E-state index contributed by atoms with van der Waals surface area (Å²) in [6.45, 7) is 1.11. The van der Waals surface area contributed by atoms with E-state index in [0.717, 1.165) is 0 Å². The summed E-state index contributed by atoms with van der Waals surface area (Å²) in [6.07, 6.45) is 1.63. The molecule has 100 valence electrons. The fourth-order valence-electron chi connectivity index (χ4n) is 1.62. The van der Waals surface area contributed by atoms with Crippen LogP contribution in [0.1, 0.15) is 6.04 Å². The highest BCUT2D eigenvalue weighted by molar-refractivity contribution is 14.1. The van der Waals surface area contributed by atoms with Gasteiger partial charge in [-0.1, -0.05) is 22.6 Å². The number of alkyl halides is 1. The lowest BCUT2D eigenvalue weighted by molar-refractivity contribution is -0.133. The Hall–Kier alpha value is 0.380. The molecule has 18 heavy (non-hydrogen) atoms. The van der Waals surface area contributed by atoms with Crippen molar-refractivity contribution in [2.24, 2.45) is 0 Å². The van der Waals surface area contributed by atoms with Crippen LogP contribution < -0.4 is 0 Å². The van der Waals surface area contributed by atoms with Crippen LogP contribution in [0.4, 0.5) is 0 Å². The fourth-order valence-corrected chi connectivity index (χ4v) is 4.57. The van der Waals surface area contributed by atoms with Crippen molar-refractivity contribution in [2.75, 3.05) is 17.5 Å². The minimum absolute atomic E-state index is 0.0255. The fraction of sp³-hybridized carbons (Fsp3) is 0.500. The standard InChI is InChI=1S/C8H8ClI2N3O3S/c9-18(16,17)8-6(11)4-14(12-8)5-2-13(3-5)7(15)1-10/h4-5H,1-3H2. The highest BCUT2D eigenvalue weighted by Gasteiger charge is 2.33. The van der Waals surface area contributed by atoms with Crippen LogP contribution in [-0.2, 0) is 13.8 Å². The summed E-state index contributed by atoms with van der Waals surface area (Å²) in [6, 6.07) is 0.0255. The quantitative estimate of drug-likeness (QED) is 0.345. The number of nitrogens with zero attached hydrogens (tertiary/aromatic N) is 3. The molecule has 0 aliphatic carbocycles. The molecule has 0 spiro atoms. The molecule has 2 rings (SSSR count). The second kappa shape index (κ2) is 5.40. The molecule has 0 bridgehead atoms. The molecule has 2 heterocycles. The molecule has 0 aromatic carbocycles. The third kappa shape index (κ3) is 2.93. The SMILES string of the molecule is O=C(CI)N1CC(n2cc(I)c(S(=O)(=O)Cl)n2)C1. The minimum atomic E-state index is -3.81. The van der Waals surface area contributed by atoms with Crippen LogP contribution in [-0.4, -0.2) is 46.5 Å². The molecule has 1 aliphatic rings. The maximum atomic E-state index is 11.4. The van der Waals surface area contributed by atoms with E-state index in [0.29, 0.717) is 21.1 Å². The van der Waals surface area contributed by atoms with E-state index in [4.69, 9.17) is 10.7 Å². The molecule has 6 nitrogen and oxygen atoms in total. The smallest absolute Gasteiger partial charge is 0.281 e. The largest absolute Gasteiger partial charge is 0.338 e. The summed E-state index contributed by atoms with van der Waals surface area (Å²) in [7, 11) is 1.46. The maximum absolute atomic E-state index is 11.4. The Balaban J connectivity index is 2.12. The van der Waals surface area contributed by atoms with Crippen LogP contribution in [0.5, 0.6) is 0 Å². The first-order valence-electron chi connectivity index (χ1n) is 4.86. The average molecular weight is 515 g/mol. The van der Waals surface area contributed by atoms with Gasteiger partial charge in [0.1, 0.15) is 0 Å². The zero-order valence-corrected chi connectivity index (χ0v) is 14.8. The third-order valence-corrected chi connectivity index (χ3v) is 5.60. The Kier molecular flexibility index (Phi) is 4.44. The van der Waals surface area contributed by atoms with Gasteiger partial charge in [0.05, 0.1) is 14.0 Å². The summed E-state index contributed by atoms with van der Waals surface area (Å²) in [4.78, 5) is 13.1. The Bertz CT molecular complexity index is 582. The number of halogens is 3. The summed E-state index contributed by atoms with van der Waals surface area (Å²) in [5.41, 5.74) is 0. The lowest BCUT2D eigenvalue weighted by Crippen LogP contribution is -2.51. The second-order valence-corrected chi connectivity index (χ2v) is 8.19. The van der Waals surface area contributed by atoms with E-state index >= 15 is 0 Å². The Morgan fingerprint density at radius 1 is 1.56 bits per heavy atom. The summed E-state index contributed by atoms with van der Waals surface area (Å²) in [5, 5.41) is 3.85. The summed E-state index contributed by atoms with van der Waals surface area (Å²) < 4.78 is 25.0. The molecule has 0 unspecified atom stereocenters. The van der Waals surface area contributed by atoms with Crippen LogP contribution in [0.2, 0.25) is 0 Å². The van der Waals surface area contributed by atoms with Crippen molar-refractivity contribution in [3.63, 3.8) is 0 Å². The van der Waals surface area contributed by atoms with Crippen molar-refractivity contribution in [3.05, 3.63) is 9.77 Å². The predicted molar refractivity (Wildman–Crippen MR) is 82.5 cm³/mol. The van der Waals surface area contributed by atoms with E-state index in [-0.39, 0.29) is 17.0 Å². The minimum Gasteiger partial charge on any atom is -0.338 e. The highest BCUT2D eigenvalue weighted by Crippen LogP contribution is 2.26. The molecule has 1 saturated heterocycles. The van der Waals surface area contributed by atoms with E-state index in [2.05, 4.69) is 5.10 Å². The number of hydrogen-bond acceptors (Lipinski definition) is 4. The van der Waals surface area contributed by atoms with E-state index in [9.17, 15) is 13.2 Å². The van der Waals surface area contributed by atoms with Gasteiger partial charge >= 0.3 is 0 Å². The highest BCUT2D eigenvalue weighted by atomic mass is 127. The summed E-state index contributed by atoms with van der Waals surface area (Å²) >= 11 is 3.89. The molecule has 0 radical (unpaired) electrons. The van der Waals surface area contributed by atoms with Crippen molar-refractivity contribution >= 4 is 70.8 Å². The van der Waals surface area contributed by atoms with Gasteiger partial charge in [0, 0.05) is 30.0 Å². The number of aromatic nitrogens is 2. The zero-order chi connectivity index (χ0) is 13.5. The van der Waals surface area contributed by atoms with Crippen molar-refractivity contribution in [3.8, 4) is 0 Å². The van der Waals surface area contributed by atoms with Gasteiger partial charge in [-0.05, 0) is 22.6 Å². The van der Waals surface area contributed by atoms with E-state index in [1.165, 1.54) is 0 Å². The monoisotopic (exact) mass is 515 g/mol. The lowest BCUT2D eigenvalue weighted by Gasteiger charge is -2.38. The number of carbonyl (C=O) groups excluding carboxylic acids is 1. The average Bonchev–Trinajstić information content (AvgIpc) is 2.57. The van der Waals surface area contributed by atoms with Gasteiger partial charge in [0.15, 0.2) is 0 Å². The number of likely N-dealkylation sites (tertiary alicyclic amines) is 1. The molecule has 0 N–H and O–H groups in total. The first kappa shape index (κ1) is 14.8. The Morgan fingerprint density at radius 3 is 2.61 bits per heavy atom. The first-order chi connectivity index (χ1) is 8.32. The van der Waals surface area contributed by atoms with Gasteiger partial charge in [-0.15, -0.1) is 0 Å². The van der Waals surface area contributed by atoms with Crippen LogP contribution in [0.15, 0.2) is 11.2 Å². The molecule has 1 aliphatic heterocycles. The normalized spacial score (nSPS) is 16.7. The Labute approximate surface area is 136 Å². The second-order valence-electron chi connectivity index (χ2n) is 3.79. The number of hydrogen-bond donors (Lipinski definition) is 0. The van der Waals surface area contributed by atoms with Crippen molar-refractivity contribution in [1.82, 2.24) is 14.7 Å². The van der Waals surface area contributed by atoms with Gasteiger partial charge in [-0.2, -0.15) is 5.10 Å². The van der Waals surface area contributed by atoms with Crippen LogP contribution in [0.3, 0.4) is 0 Å². The first-order valence-corrected chi connectivity index (χ1v) is 9.77. The number of carbonyl (C=O) groups is 1. The molecule has 1 aromatic heterocycles. The topological polar surface area (TPSA) is 72.3 Å². The number of amides is 1. The molecule has 0 saturated carbocycles. The van der Waals surface area contributed by atoms with Crippen molar-refractivity contribution in [2.45, 2.75) is 11.1 Å². The third-order valence-electron chi connectivity index (χ3n) is 2.59. The molecule has 10 heteroatoms. The van der Waals surface area contributed by atoms with E-state index in [1.807, 2.05) is 45.2 Å². The zero-order valence-electron chi connectivity index (χ0n) is 8.88. The Morgan fingerprint density at radius 2 is 2.17 bits per heavy atom. The molecule has 1 aromatic rings. The lowest BCUT2D eigenvalue weighted by atomic mass is 10.1. The number of rotatable bonds is 3. The van der Waals surface area contributed by atoms with E-state index < -0.39 is 9.05 Å². The van der Waals surface area contributed by atoms with Gasteiger partial charge < -0.3 is 4.90 Å². The molecule has 0 atom stereocenters. The van der Waals surface area contributed by atoms with Gasteiger partial charge in [-0.25, -0.2) is 8.42 Å². The maximum Gasteiger partial charge on any atom is 0.281 e. The molecular weight excluding hydrogens is 507 g/mol. The van der Waals surface area contributed by atoms with Crippen LogP contribution in [0.25, 0.3) is 0 Å². The summed E-state index contributed by atoms with van der Waals surface area (Å²) in [5.74, 6) is 0.0823. The molecule has 1 fully saturated rings. The van der Waals surface area contributed by atoms with Crippen LogP contribution >= 0.6 is 55.9 Å². The predicted octanol–water partition coefficient (Wildman–Crippen LogP) is 1.23. The molecular formula is C8H8ClI2N3O3S. The van der Waals surface area contributed by atoms with E-state index in [1.54, 1.807) is 15.8 Å². The van der Waals surface area contributed by atoms with Gasteiger partial charge in [0.2, 0.25) is 10.9 Å². The molecule has 1 amide bonds. The van der Waals surface area contributed by atoms with Crippen molar-refractivity contribution in [1.29, 1.82) is 0 Å². The van der Waals surface area contributed by atoms with Crippen molar-refractivity contribution < 1.29 is 13.2 Å². The van der Waals surface area contributed by atoms with Crippen LogP contribution in [0, 0.1) is 3.57 Å². The van der Waals surface area contributed by atoms with Gasteiger partial charge in [0.25, 0.3) is 9.05 Å². The van der Waals surface area contributed by atoms with Gasteiger partial charge in [-0.3, -0.25) is 9.48 Å².